The van der Waals surface area contributed by atoms with Crippen molar-refractivity contribution in [3.63, 3.8) is 0 Å². The summed E-state index contributed by atoms with van der Waals surface area (Å²) in [5, 5.41) is 11.8. The predicted octanol–water partition coefficient (Wildman–Crippen LogP) is 4.25. The zero-order chi connectivity index (χ0) is 31.8. The highest BCUT2D eigenvalue weighted by atomic mass is 16.6. The molecule has 11 nitrogen and oxygen atoms in total. The van der Waals surface area contributed by atoms with E-state index in [0.29, 0.717) is 12.0 Å². The number of carbonyl (C=O) groups is 4. The minimum absolute atomic E-state index is 0.165. The molecule has 1 fully saturated rings. The molecule has 1 N–H and O–H groups in total. The summed E-state index contributed by atoms with van der Waals surface area (Å²) in [7, 11) is 0. The number of rotatable bonds is 9. The van der Waals surface area contributed by atoms with Crippen molar-refractivity contribution in [3.05, 3.63) is 41.7 Å². The van der Waals surface area contributed by atoms with Gasteiger partial charge in [0.25, 0.3) is 0 Å². The van der Waals surface area contributed by atoms with Crippen LogP contribution in [-0.4, -0.2) is 75.0 Å². The fourth-order valence-corrected chi connectivity index (χ4v) is 5.29. The van der Waals surface area contributed by atoms with Gasteiger partial charge in [0.1, 0.15) is 41.6 Å². The maximum absolute atomic E-state index is 14.3. The van der Waals surface area contributed by atoms with Crippen LogP contribution in [0.5, 0.6) is 0 Å². The van der Waals surface area contributed by atoms with E-state index in [1.807, 2.05) is 6.07 Å². The normalized spacial score (nSPS) is 18.0. The van der Waals surface area contributed by atoms with Crippen LogP contribution in [0.2, 0.25) is 0 Å². The van der Waals surface area contributed by atoms with E-state index in [0.717, 1.165) is 32.1 Å². The van der Waals surface area contributed by atoms with Gasteiger partial charge in [0.2, 0.25) is 11.8 Å². The second-order valence-electron chi connectivity index (χ2n) is 13.2. The van der Waals surface area contributed by atoms with Gasteiger partial charge < -0.3 is 19.7 Å². The van der Waals surface area contributed by atoms with Crippen LogP contribution >= 0.6 is 0 Å². The maximum atomic E-state index is 14.3. The molecule has 1 aliphatic carbocycles. The van der Waals surface area contributed by atoms with Crippen LogP contribution in [0.4, 0.5) is 4.79 Å². The second-order valence-corrected chi connectivity index (χ2v) is 13.2. The number of carbonyl (C=O) groups excluding carboxylic acids is 4. The Hall–Kier alpha value is -3.94. The van der Waals surface area contributed by atoms with Crippen LogP contribution in [0.25, 0.3) is 0 Å². The first kappa shape index (κ1) is 33.6. The van der Waals surface area contributed by atoms with Crippen molar-refractivity contribution < 1.29 is 28.7 Å². The van der Waals surface area contributed by atoms with E-state index < -0.39 is 47.8 Å². The van der Waals surface area contributed by atoms with Crippen LogP contribution in [0.15, 0.2) is 30.5 Å². The van der Waals surface area contributed by atoms with E-state index in [4.69, 9.17) is 14.7 Å². The van der Waals surface area contributed by atoms with Gasteiger partial charge in [0.15, 0.2) is 0 Å². The molecule has 3 rings (SSSR count). The number of nitriles is 1. The Balaban J connectivity index is 1.86. The number of aromatic nitrogens is 1. The molecule has 1 aromatic rings. The molecule has 11 heteroatoms. The van der Waals surface area contributed by atoms with Crippen molar-refractivity contribution >= 4 is 23.9 Å². The van der Waals surface area contributed by atoms with Crippen molar-refractivity contribution in [2.45, 2.75) is 110 Å². The maximum Gasteiger partial charge on any atom is 0.411 e. The fourth-order valence-electron chi connectivity index (χ4n) is 5.29. The van der Waals surface area contributed by atoms with Crippen LogP contribution in [0.3, 0.4) is 0 Å². The minimum atomic E-state index is -1.02. The third-order valence-corrected chi connectivity index (χ3v) is 7.20. The van der Waals surface area contributed by atoms with Crippen molar-refractivity contribution in [1.29, 1.82) is 5.26 Å². The van der Waals surface area contributed by atoms with Crippen molar-refractivity contribution in [1.82, 2.24) is 20.1 Å². The van der Waals surface area contributed by atoms with E-state index >= 15 is 0 Å². The van der Waals surface area contributed by atoms with Crippen LogP contribution in [0.1, 0.15) is 91.3 Å². The Kier molecular flexibility index (Phi) is 11.3. The molecule has 2 atom stereocenters. The molecule has 2 aliphatic rings. The Morgan fingerprint density at radius 1 is 1.07 bits per heavy atom. The molecule has 0 bridgehead atoms. The van der Waals surface area contributed by atoms with Crippen LogP contribution in [0, 0.1) is 17.2 Å². The van der Waals surface area contributed by atoms with Gasteiger partial charge in [-0.1, -0.05) is 50.3 Å². The number of nitrogens with one attached hydrogen (secondary N) is 1. The number of hydrogen-bond donors (Lipinski definition) is 1. The Bertz CT molecular complexity index is 1220. The number of pyridine rings is 1. The zero-order valence-electron chi connectivity index (χ0n) is 26.2. The monoisotopic (exact) mass is 595 g/mol. The lowest BCUT2D eigenvalue weighted by molar-refractivity contribution is -0.158. The lowest BCUT2D eigenvalue weighted by atomic mass is 9.84. The predicted molar refractivity (Wildman–Crippen MR) is 159 cm³/mol. The summed E-state index contributed by atoms with van der Waals surface area (Å²) in [5.41, 5.74) is -0.669. The lowest BCUT2D eigenvalue weighted by Gasteiger charge is -2.38. The van der Waals surface area contributed by atoms with E-state index in [-0.39, 0.29) is 30.6 Å². The fraction of sp³-hybridized carbons (Fsp3) is 0.625. The highest BCUT2D eigenvalue weighted by molar-refractivity contribution is 5.94. The molecule has 0 saturated heterocycles. The summed E-state index contributed by atoms with van der Waals surface area (Å²) in [6, 6.07) is 3.31. The van der Waals surface area contributed by atoms with Gasteiger partial charge in [0.05, 0.1) is 0 Å². The molecular formula is C32H45N5O6. The number of ether oxygens (including phenoxy) is 2. The first-order valence-corrected chi connectivity index (χ1v) is 15.0. The van der Waals surface area contributed by atoms with Gasteiger partial charge in [-0.15, -0.1) is 0 Å². The second kappa shape index (κ2) is 14.5. The largest absolute Gasteiger partial charge is 0.459 e. The third kappa shape index (κ3) is 10.4. The number of nitrogens with zero attached hydrogens (tertiary/aromatic N) is 4. The van der Waals surface area contributed by atoms with Gasteiger partial charge in [0, 0.05) is 19.3 Å². The van der Waals surface area contributed by atoms with E-state index in [1.54, 1.807) is 65.8 Å². The Labute approximate surface area is 254 Å². The van der Waals surface area contributed by atoms with Gasteiger partial charge in [-0.25, -0.2) is 9.78 Å². The first-order chi connectivity index (χ1) is 20.2. The molecule has 2 heterocycles. The van der Waals surface area contributed by atoms with Crippen molar-refractivity contribution in [3.8, 4) is 6.07 Å². The standard InChI is InChI=1S/C32H45N5O6/c1-31(2,3)42-27(38)21-37(30(41)43-32(4,5)6)26(17-22-11-8-7-9-12-22)29(40)36-16-10-13-25(36)28(39)35-20-23-14-15-24(18-33)34-19-23/h10,13-15,19,22,25-26H,7-9,11-12,16-17,20-21H2,1-6H3,(H,35,39)/t25-,26+/m0/s1. The van der Waals surface area contributed by atoms with Crippen LogP contribution in [-0.2, 0) is 30.4 Å². The number of esters is 1. The van der Waals surface area contributed by atoms with Crippen molar-refractivity contribution in [2.24, 2.45) is 5.92 Å². The summed E-state index contributed by atoms with van der Waals surface area (Å²) in [6.07, 6.45) is 9.50. The van der Waals surface area contributed by atoms with Gasteiger partial charge in [-0.2, -0.15) is 5.26 Å². The average Bonchev–Trinajstić information content (AvgIpc) is 3.42. The summed E-state index contributed by atoms with van der Waals surface area (Å²) in [5.74, 6) is -1.29. The zero-order valence-corrected chi connectivity index (χ0v) is 26.2. The molecule has 3 amide bonds. The van der Waals surface area contributed by atoms with Gasteiger partial charge >= 0.3 is 12.1 Å². The SMILES string of the molecule is CC(C)(C)OC(=O)CN(C(=O)OC(C)(C)C)[C@H](CC1CCCCC1)C(=O)N1CC=C[C@H]1C(=O)NCc1ccc(C#N)nc1. The summed E-state index contributed by atoms with van der Waals surface area (Å²) >= 11 is 0. The average molecular weight is 596 g/mol. The smallest absolute Gasteiger partial charge is 0.411 e. The highest BCUT2D eigenvalue weighted by Crippen LogP contribution is 2.31. The summed E-state index contributed by atoms with van der Waals surface area (Å²) in [4.78, 5) is 60.9. The minimum Gasteiger partial charge on any atom is -0.459 e. The first-order valence-electron chi connectivity index (χ1n) is 15.0. The Morgan fingerprint density at radius 3 is 2.33 bits per heavy atom. The number of amides is 3. The molecule has 0 radical (unpaired) electrons. The molecule has 0 unspecified atom stereocenters. The molecule has 1 aliphatic heterocycles. The van der Waals surface area contributed by atoms with E-state index in [9.17, 15) is 19.2 Å². The van der Waals surface area contributed by atoms with Crippen molar-refractivity contribution in [2.75, 3.05) is 13.1 Å². The van der Waals surface area contributed by atoms with E-state index in [1.165, 1.54) is 16.0 Å². The molecule has 0 spiro atoms. The quantitative estimate of drug-likeness (QED) is 0.330. The molecule has 1 aromatic heterocycles. The number of hydrogen-bond acceptors (Lipinski definition) is 8. The third-order valence-electron chi connectivity index (χ3n) is 7.20. The summed E-state index contributed by atoms with van der Waals surface area (Å²) < 4.78 is 11.2. The highest BCUT2D eigenvalue weighted by Gasteiger charge is 2.42. The van der Waals surface area contributed by atoms with Gasteiger partial charge in [-0.3, -0.25) is 19.3 Å². The molecule has 43 heavy (non-hydrogen) atoms. The molecular weight excluding hydrogens is 550 g/mol. The molecule has 0 aromatic carbocycles. The summed E-state index contributed by atoms with van der Waals surface area (Å²) in [6.45, 7) is 10.3. The lowest BCUT2D eigenvalue weighted by Crippen LogP contribution is -2.57. The van der Waals surface area contributed by atoms with Gasteiger partial charge in [-0.05, 0) is 65.5 Å². The molecule has 1 saturated carbocycles. The Morgan fingerprint density at radius 2 is 1.74 bits per heavy atom. The van der Waals surface area contributed by atoms with Crippen LogP contribution < -0.4 is 5.32 Å². The molecule has 234 valence electrons. The van der Waals surface area contributed by atoms with E-state index in [2.05, 4.69) is 10.3 Å². The topological polar surface area (TPSA) is 142 Å².